The van der Waals surface area contributed by atoms with Gasteiger partial charge in [-0.3, -0.25) is 5.01 Å². The van der Waals surface area contributed by atoms with Crippen molar-refractivity contribution in [2.24, 2.45) is 11.0 Å². The van der Waals surface area contributed by atoms with Crippen LogP contribution in [0.1, 0.15) is 26.7 Å². The average Bonchev–Trinajstić information content (AvgIpc) is 2.56. The van der Waals surface area contributed by atoms with Crippen molar-refractivity contribution in [2.75, 3.05) is 13.7 Å². The predicted molar refractivity (Wildman–Crippen MR) is 66.2 cm³/mol. The summed E-state index contributed by atoms with van der Waals surface area (Å²) in [7, 11) is 2.03. The zero-order valence-corrected chi connectivity index (χ0v) is 10.3. The molecule has 2 aliphatic rings. The number of ether oxygens (including phenoxy) is 1. The molecule has 0 spiro atoms. The highest BCUT2D eigenvalue weighted by Crippen LogP contribution is 2.30. The lowest BCUT2D eigenvalue weighted by atomic mass is 9.90. The van der Waals surface area contributed by atoms with Crippen molar-refractivity contribution in [3.05, 3.63) is 23.8 Å². The zero-order valence-electron chi connectivity index (χ0n) is 10.3. The molecule has 0 aromatic rings. The van der Waals surface area contributed by atoms with Gasteiger partial charge in [-0.05, 0) is 25.3 Å². The number of likely N-dealkylation sites (N-methyl/N-ethyl adjacent to an activating group) is 1. The first-order chi connectivity index (χ1) is 7.74. The maximum Gasteiger partial charge on any atom is 0.211 e. The van der Waals surface area contributed by atoms with Gasteiger partial charge in [0.15, 0.2) is 0 Å². The largest absolute Gasteiger partial charge is 0.480 e. The summed E-state index contributed by atoms with van der Waals surface area (Å²) in [5.41, 5.74) is 1.47. The molecular formula is C13H20N2O. The Bertz CT molecular complexity index is 344. The minimum absolute atomic E-state index is 0.364. The summed E-state index contributed by atoms with van der Waals surface area (Å²) < 4.78 is 5.57. The summed E-state index contributed by atoms with van der Waals surface area (Å²) in [4.78, 5) is 0. The number of hydrazone groups is 1. The van der Waals surface area contributed by atoms with Gasteiger partial charge >= 0.3 is 0 Å². The van der Waals surface area contributed by atoms with Crippen LogP contribution < -0.4 is 0 Å². The Kier molecular flexibility index (Phi) is 3.32. The Balaban J connectivity index is 2.13. The van der Waals surface area contributed by atoms with Crippen molar-refractivity contribution in [3.8, 4) is 0 Å². The zero-order chi connectivity index (χ0) is 11.5. The van der Waals surface area contributed by atoms with Gasteiger partial charge in [0.05, 0.1) is 18.6 Å². The molecule has 0 radical (unpaired) electrons. The van der Waals surface area contributed by atoms with Crippen LogP contribution in [0.4, 0.5) is 0 Å². The summed E-state index contributed by atoms with van der Waals surface area (Å²) in [6, 6.07) is 0.381. The van der Waals surface area contributed by atoms with E-state index < -0.39 is 0 Å². The molecule has 0 saturated carbocycles. The van der Waals surface area contributed by atoms with E-state index in [1.807, 2.05) is 19.0 Å². The van der Waals surface area contributed by atoms with Gasteiger partial charge in [-0.25, -0.2) is 0 Å². The van der Waals surface area contributed by atoms with Crippen LogP contribution in [-0.4, -0.2) is 30.6 Å². The first-order valence-electron chi connectivity index (χ1n) is 6.03. The molecule has 3 heteroatoms. The van der Waals surface area contributed by atoms with E-state index in [1.165, 1.54) is 5.57 Å². The van der Waals surface area contributed by atoms with Gasteiger partial charge in [-0.2, -0.15) is 0 Å². The summed E-state index contributed by atoms with van der Waals surface area (Å²) in [6.45, 7) is 4.90. The second-order valence-electron chi connectivity index (χ2n) is 4.39. The van der Waals surface area contributed by atoms with E-state index in [9.17, 15) is 0 Å². The van der Waals surface area contributed by atoms with Crippen molar-refractivity contribution in [2.45, 2.75) is 32.7 Å². The van der Waals surface area contributed by atoms with Gasteiger partial charge in [-0.1, -0.05) is 25.2 Å². The van der Waals surface area contributed by atoms with E-state index in [4.69, 9.17) is 4.74 Å². The van der Waals surface area contributed by atoms with Crippen LogP contribution in [0.25, 0.3) is 0 Å². The van der Waals surface area contributed by atoms with Crippen LogP contribution in [0.3, 0.4) is 0 Å². The first kappa shape index (κ1) is 11.2. The van der Waals surface area contributed by atoms with Crippen molar-refractivity contribution in [3.63, 3.8) is 0 Å². The fourth-order valence-electron chi connectivity index (χ4n) is 2.50. The van der Waals surface area contributed by atoms with Gasteiger partial charge in [0, 0.05) is 7.05 Å². The summed E-state index contributed by atoms with van der Waals surface area (Å²) in [5, 5.41) is 6.52. The minimum atomic E-state index is 0.364. The SMILES string of the molecule is CCOC1=NN(C)C(C2=CC=CCC2)C1C. The molecule has 0 amide bonds. The second kappa shape index (κ2) is 4.73. The van der Waals surface area contributed by atoms with Crippen LogP contribution in [0.15, 0.2) is 28.9 Å². The molecule has 0 bridgehead atoms. The first-order valence-corrected chi connectivity index (χ1v) is 6.03. The molecule has 0 aromatic carbocycles. The molecule has 16 heavy (non-hydrogen) atoms. The molecule has 0 N–H and O–H groups in total. The third kappa shape index (κ3) is 1.99. The van der Waals surface area contributed by atoms with Crippen molar-refractivity contribution >= 4 is 5.90 Å². The molecule has 0 saturated heterocycles. The van der Waals surface area contributed by atoms with Gasteiger partial charge in [-0.15, -0.1) is 5.10 Å². The smallest absolute Gasteiger partial charge is 0.211 e. The predicted octanol–water partition coefficient (Wildman–Crippen LogP) is 2.56. The molecule has 1 aliphatic heterocycles. The molecule has 0 fully saturated rings. The molecule has 2 atom stereocenters. The third-order valence-corrected chi connectivity index (χ3v) is 3.24. The quantitative estimate of drug-likeness (QED) is 0.714. The van der Waals surface area contributed by atoms with E-state index in [-0.39, 0.29) is 0 Å². The summed E-state index contributed by atoms with van der Waals surface area (Å²) in [6.07, 6.45) is 8.88. The van der Waals surface area contributed by atoms with Crippen LogP contribution in [-0.2, 0) is 4.74 Å². The monoisotopic (exact) mass is 220 g/mol. The van der Waals surface area contributed by atoms with E-state index >= 15 is 0 Å². The fraction of sp³-hybridized carbons (Fsp3) is 0.615. The molecule has 1 heterocycles. The fourth-order valence-corrected chi connectivity index (χ4v) is 2.50. The van der Waals surface area contributed by atoms with Gasteiger partial charge in [0.25, 0.3) is 0 Å². The summed E-state index contributed by atoms with van der Waals surface area (Å²) in [5.74, 6) is 1.24. The topological polar surface area (TPSA) is 24.8 Å². The Morgan fingerprint density at radius 1 is 1.56 bits per heavy atom. The van der Waals surface area contributed by atoms with Crippen molar-refractivity contribution < 1.29 is 4.74 Å². The number of nitrogens with zero attached hydrogens (tertiary/aromatic N) is 2. The van der Waals surface area contributed by atoms with Crippen molar-refractivity contribution in [1.29, 1.82) is 0 Å². The average molecular weight is 220 g/mol. The molecule has 3 nitrogen and oxygen atoms in total. The Morgan fingerprint density at radius 3 is 3.00 bits per heavy atom. The van der Waals surface area contributed by atoms with Crippen molar-refractivity contribution in [1.82, 2.24) is 5.01 Å². The standard InChI is InChI=1S/C13H20N2O/c1-4-16-13-10(2)12(15(3)14-13)11-8-6-5-7-9-11/h5-6,8,10,12H,4,7,9H2,1-3H3. The lowest BCUT2D eigenvalue weighted by Crippen LogP contribution is -2.32. The highest BCUT2D eigenvalue weighted by Gasteiger charge is 2.35. The molecule has 2 rings (SSSR count). The lowest BCUT2D eigenvalue weighted by Gasteiger charge is -2.26. The minimum Gasteiger partial charge on any atom is -0.480 e. The van der Waals surface area contributed by atoms with E-state index in [1.54, 1.807) is 0 Å². The number of hydrogen-bond donors (Lipinski definition) is 0. The molecule has 88 valence electrons. The Labute approximate surface area is 97.5 Å². The van der Waals surface area contributed by atoms with E-state index in [0.717, 1.165) is 18.7 Å². The molecule has 1 aliphatic carbocycles. The van der Waals surface area contributed by atoms with Crippen LogP contribution >= 0.6 is 0 Å². The number of rotatable bonds is 2. The number of hydrogen-bond acceptors (Lipinski definition) is 3. The normalized spacial score (nSPS) is 29.1. The second-order valence-corrected chi connectivity index (χ2v) is 4.39. The van der Waals surface area contributed by atoms with E-state index in [2.05, 4.69) is 30.3 Å². The highest BCUT2D eigenvalue weighted by molar-refractivity contribution is 5.81. The van der Waals surface area contributed by atoms with Crippen LogP contribution in [0, 0.1) is 5.92 Å². The van der Waals surface area contributed by atoms with E-state index in [0.29, 0.717) is 18.6 Å². The highest BCUT2D eigenvalue weighted by atomic mass is 16.5. The molecular weight excluding hydrogens is 200 g/mol. The van der Waals surface area contributed by atoms with Gasteiger partial charge < -0.3 is 4.74 Å². The summed E-state index contributed by atoms with van der Waals surface area (Å²) >= 11 is 0. The number of allylic oxidation sites excluding steroid dienone is 3. The van der Waals surface area contributed by atoms with Gasteiger partial charge in [0.2, 0.25) is 5.90 Å². The van der Waals surface area contributed by atoms with Crippen LogP contribution in [0.2, 0.25) is 0 Å². The molecule has 2 unspecified atom stereocenters. The Hall–Kier alpha value is -1.25. The third-order valence-electron chi connectivity index (χ3n) is 3.24. The Morgan fingerprint density at radius 2 is 2.38 bits per heavy atom. The van der Waals surface area contributed by atoms with Crippen LogP contribution in [0.5, 0.6) is 0 Å². The maximum atomic E-state index is 5.57. The van der Waals surface area contributed by atoms with Gasteiger partial charge in [0.1, 0.15) is 0 Å². The maximum absolute atomic E-state index is 5.57. The lowest BCUT2D eigenvalue weighted by molar-refractivity contribution is 0.278. The molecule has 0 aromatic heterocycles.